The maximum Gasteiger partial charge on any atom is 0.124 e. The molecule has 1 atom stereocenters. The second kappa shape index (κ2) is 5.67. The van der Waals surface area contributed by atoms with E-state index in [1.54, 1.807) is 13.2 Å². The quantitative estimate of drug-likeness (QED) is 0.854. The van der Waals surface area contributed by atoms with Crippen LogP contribution in [0.4, 0.5) is 4.39 Å². The van der Waals surface area contributed by atoms with Crippen LogP contribution in [-0.2, 0) is 0 Å². The minimum Gasteiger partial charge on any atom is -0.497 e. The molecule has 0 heterocycles. The highest BCUT2D eigenvalue weighted by molar-refractivity contribution is 14.1. The zero-order chi connectivity index (χ0) is 13.1. The van der Waals surface area contributed by atoms with Gasteiger partial charge in [-0.3, -0.25) is 0 Å². The molecule has 0 bridgehead atoms. The molecule has 0 aromatic heterocycles. The molecule has 0 aliphatic rings. The normalized spacial score (nSPS) is 12.2. The summed E-state index contributed by atoms with van der Waals surface area (Å²) in [5, 5.41) is 0. The molecule has 18 heavy (non-hydrogen) atoms. The van der Waals surface area contributed by atoms with Crippen LogP contribution in [0.2, 0.25) is 0 Å². The second-order valence-electron chi connectivity index (χ2n) is 3.92. The predicted octanol–water partition coefficient (Wildman–Crippen LogP) is 3.49. The molecule has 4 heteroatoms. The molecule has 2 rings (SSSR count). The second-order valence-corrected chi connectivity index (χ2v) is 5.08. The van der Waals surface area contributed by atoms with Gasteiger partial charge in [-0.25, -0.2) is 4.39 Å². The number of ether oxygens (including phenoxy) is 1. The lowest BCUT2D eigenvalue weighted by molar-refractivity contribution is 0.414. The predicted molar refractivity (Wildman–Crippen MR) is 78.1 cm³/mol. The summed E-state index contributed by atoms with van der Waals surface area (Å²) in [4.78, 5) is 0. The fraction of sp³-hybridized carbons (Fsp3) is 0.143. The first kappa shape index (κ1) is 13.3. The van der Waals surface area contributed by atoms with E-state index >= 15 is 0 Å². The smallest absolute Gasteiger partial charge is 0.124 e. The number of nitrogens with two attached hydrogens (primary N) is 1. The van der Waals surface area contributed by atoms with Crippen molar-refractivity contribution in [3.63, 3.8) is 0 Å². The number of rotatable bonds is 3. The van der Waals surface area contributed by atoms with E-state index in [0.29, 0.717) is 0 Å². The van der Waals surface area contributed by atoms with E-state index in [1.165, 1.54) is 12.1 Å². The van der Waals surface area contributed by atoms with Gasteiger partial charge in [0.05, 0.1) is 13.2 Å². The molecule has 0 spiro atoms. The van der Waals surface area contributed by atoms with Crippen molar-refractivity contribution < 1.29 is 9.13 Å². The van der Waals surface area contributed by atoms with E-state index in [9.17, 15) is 4.39 Å². The SMILES string of the molecule is COc1cccc(C(N)c2ccc(F)cc2I)c1. The van der Waals surface area contributed by atoms with Crippen LogP contribution in [0.1, 0.15) is 17.2 Å². The molecule has 0 aliphatic heterocycles. The number of hydrogen-bond acceptors (Lipinski definition) is 2. The van der Waals surface area contributed by atoms with Gasteiger partial charge in [-0.1, -0.05) is 18.2 Å². The highest BCUT2D eigenvalue weighted by Crippen LogP contribution is 2.26. The lowest BCUT2D eigenvalue weighted by Gasteiger charge is -2.15. The van der Waals surface area contributed by atoms with E-state index < -0.39 is 0 Å². The summed E-state index contributed by atoms with van der Waals surface area (Å²) in [5.41, 5.74) is 8.06. The Hall–Kier alpha value is -1.14. The molecule has 2 aromatic rings. The van der Waals surface area contributed by atoms with Gasteiger partial charge >= 0.3 is 0 Å². The Balaban J connectivity index is 2.37. The number of halogens is 2. The Morgan fingerprint density at radius 3 is 2.67 bits per heavy atom. The van der Waals surface area contributed by atoms with Crippen LogP contribution >= 0.6 is 22.6 Å². The summed E-state index contributed by atoms with van der Waals surface area (Å²) in [7, 11) is 1.62. The van der Waals surface area contributed by atoms with Crippen LogP contribution in [0, 0.1) is 9.39 Å². The molecule has 2 nitrogen and oxygen atoms in total. The summed E-state index contributed by atoms with van der Waals surface area (Å²) >= 11 is 2.09. The monoisotopic (exact) mass is 357 g/mol. The Morgan fingerprint density at radius 2 is 2.00 bits per heavy atom. The standard InChI is InChI=1S/C14H13FINO/c1-18-11-4-2-3-9(7-11)14(17)12-6-5-10(15)8-13(12)16/h2-8,14H,17H2,1H3. The van der Waals surface area contributed by atoms with E-state index in [2.05, 4.69) is 22.6 Å². The Morgan fingerprint density at radius 1 is 1.22 bits per heavy atom. The molecule has 0 saturated heterocycles. The van der Waals surface area contributed by atoms with Crippen LogP contribution in [0.15, 0.2) is 42.5 Å². The first-order valence-corrected chi connectivity index (χ1v) is 6.54. The van der Waals surface area contributed by atoms with Crippen LogP contribution in [-0.4, -0.2) is 7.11 Å². The van der Waals surface area contributed by atoms with Crippen LogP contribution in [0.25, 0.3) is 0 Å². The Bertz CT molecular complexity index is 559. The van der Waals surface area contributed by atoms with Crippen molar-refractivity contribution in [3.05, 3.63) is 63.0 Å². The van der Waals surface area contributed by atoms with E-state index in [4.69, 9.17) is 10.5 Å². The van der Waals surface area contributed by atoms with Crippen molar-refractivity contribution in [2.75, 3.05) is 7.11 Å². The van der Waals surface area contributed by atoms with Gasteiger partial charge in [0.25, 0.3) is 0 Å². The van der Waals surface area contributed by atoms with Gasteiger partial charge in [0.2, 0.25) is 0 Å². The van der Waals surface area contributed by atoms with Crippen LogP contribution in [0.5, 0.6) is 5.75 Å². The van der Waals surface area contributed by atoms with Crippen molar-refractivity contribution in [2.45, 2.75) is 6.04 Å². The van der Waals surface area contributed by atoms with Crippen molar-refractivity contribution in [2.24, 2.45) is 5.73 Å². The average Bonchev–Trinajstić information content (AvgIpc) is 2.38. The first-order chi connectivity index (χ1) is 8.61. The van der Waals surface area contributed by atoms with Crippen molar-refractivity contribution in [3.8, 4) is 5.75 Å². The largest absolute Gasteiger partial charge is 0.497 e. The highest BCUT2D eigenvalue weighted by Gasteiger charge is 2.13. The molecule has 0 fully saturated rings. The van der Waals surface area contributed by atoms with Crippen LogP contribution in [0.3, 0.4) is 0 Å². The summed E-state index contributed by atoms with van der Waals surface area (Å²) in [6.45, 7) is 0. The molecule has 2 N–H and O–H groups in total. The lowest BCUT2D eigenvalue weighted by atomic mass is 9.99. The third kappa shape index (κ3) is 2.81. The lowest BCUT2D eigenvalue weighted by Crippen LogP contribution is -2.13. The molecular formula is C14H13FINO. The van der Waals surface area contributed by atoms with Gasteiger partial charge in [0, 0.05) is 3.57 Å². The van der Waals surface area contributed by atoms with Crippen LogP contribution < -0.4 is 10.5 Å². The van der Waals surface area contributed by atoms with Gasteiger partial charge < -0.3 is 10.5 Å². The molecule has 0 saturated carbocycles. The maximum absolute atomic E-state index is 13.1. The summed E-state index contributed by atoms with van der Waals surface area (Å²) in [6, 6.07) is 11.9. The molecule has 2 aromatic carbocycles. The summed E-state index contributed by atoms with van der Waals surface area (Å²) < 4.78 is 19.1. The van der Waals surface area contributed by atoms with Crippen molar-refractivity contribution in [1.29, 1.82) is 0 Å². The van der Waals surface area contributed by atoms with Gasteiger partial charge in [0.15, 0.2) is 0 Å². The minimum atomic E-state index is -0.285. The molecule has 0 radical (unpaired) electrons. The van der Waals surface area contributed by atoms with E-state index in [0.717, 1.165) is 20.4 Å². The Kier molecular flexibility index (Phi) is 4.19. The van der Waals surface area contributed by atoms with Gasteiger partial charge in [-0.15, -0.1) is 0 Å². The topological polar surface area (TPSA) is 35.2 Å². The third-order valence-corrected chi connectivity index (χ3v) is 3.68. The fourth-order valence-corrected chi connectivity index (χ4v) is 2.58. The molecule has 94 valence electrons. The van der Waals surface area contributed by atoms with Gasteiger partial charge in [0.1, 0.15) is 11.6 Å². The minimum absolute atomic E-state index is 0.249. The Labute approximate surface area is 119 Å². The number of methoxy groups -OCH3 is 1. The first-order valence-electron chi connectivity index (χ1n) is 5.46. The van der Waals surface area contributed by atoms with Gasteiger partial charge in [-0.2, -0.15) is 0 Å². The average molecular weight is 357 g/mol. The zero-order valence-electron chi connectivity index (χ0n) is 9.86. The van der Waals surface area contributed by atoms with Crippen molar-refractivity contribution >= 4 is 22.6 Å². The highest BCUT2D eigenvalue weighted by atomic mass is 127. The maximum atomic E-state index is 13.1. The summed E-state index contributed by atoms with van der Waals surface area (Å²) in [5.74, 6) is 0.515. The van der Waals surface area contributed by atoms with E-state index in [1.807, 2.05) is 24.3 Å². The molecule has 0 amide bonds. The fourth-order valence-electron chi connectivity index (χ4n) is 1.77. The molecular weight excluding hydrogens is 344 g/mol. The molecule has 0 aliphatic carbocycles. The van der Waals surface area contributed by atoms with Gasteiger partial charge in [-0.05, 0) is 58.0 Å². The summed E-state index contributed by atoms with van der Waals surface area (Å²) in [6.07, 6.45) is 0. The molecule has 1 unspecified atom stereocenters. The van der Waals surface area contributed by atoms with E-state index in [-0.39, 0.29) is 11.9 Å². The third-order valence-electron chi connectivity index (χ3n) is 2.75. The zero-order valence-corrected chi connectivity index (χ0v) is 12.0. The number of benzene rings is 2. The van der Waals surface area contributed by atoms with Crippen molar-refractivity contribution in [1.82, 2.24) is 0 Å². The number of hydrogen-bond donors (Lipinski definition) is 1.